The summed E-state index contributed by atoms with van der Waals surface area (Å²) in [6.07, 6.45) is 2.04. The second-order valence-corrected chi connectivity index (χ2v) is 7.50. The van der Waals surface area contributed by atoms with Crippen molar-refractivity contribution in [3.63, 3.8) is 0 Å². The number of carboxylic acid groups (broad SMARTS) is 1. The van der Waals surface area contributed by atoms with Crippen LogP contribution in [0.15, 0.2) is 0 Å². The van der Waals surface area contributed by atoms with Gasteiger partial charge in [-0.3, -0.25) is 4.79 Å². The number of carbonyl (C=O) groups excluding carboxylic acids is 1. The van der Waals surface area contributed by atoms with Crippen LogP contribution < -0.4 is 10.6 Å². The topological polar surface area (TPSA) is 119 Å². The van der Waals surface area contributed by atoms with Crippen LogP contribution in [-0.2, 0) is 4.79 Å². The summed E-state index contributed by atoms with van der Waals surface area (Å²) in [6.45, 7) is 5.44. The largest absolute Gasteiger partial charge is 0.481 e. The van der Waals surface area contributed by atoms with Crippen LogP contribution in [-0.4, -0.2) is 52.1 Å². The third-order valence-electron chi connectivity index (χ3n) is 4.47. The molecule has 0 spiro atoms. The highest BCUT2D eigenvalue weighted by Crippen LogP contribution is 2.24. The normalized spacial score (nSPS) is 24.6. The van der Waals surface area contributed by atoms with Crippen molar-refractivity contribution < 1.29 is 24.9 Å². The maximum absolute atomic E-state index is 12.0. The van der Waals surface area contributed by atoms with Crippen molar-refractivity contribution in [2.75, 3.05) is 6.61 Å². The van der Waals surface area contributed by atoms with E-state index in [2.05, 4.69) is 10.6 Å². The van der Waals surface area contributed by atoms with Crippen LogP contribution in [0.4, 0.5) is 4.79 Å². The van der Waals surface area contributed by atoms with Gasteiger partial charge in [-0.05, 0) is 37.5 Å². The molecule has 1 aliphatic rings. The molecule has 0 heterocycles. The number of carbonyl (C=O) groups is 2. The number of amides is 2. The Morgan fingerprint density at radius 3 is 2.17 bits per heavy atom. The van der Waals surface area contributed by atoms with Gasteiger partial charge in [0.25, 0.3) is 0 Å². The number of carboxylic acids is 1. The average molecular weight is 330 g/mol. The summed E-state index contributed by atoms with van der Waals surface area (Å²) >= 11 is 0. The lowest BCUT2D eigenvalue weighted by atomic mass is 9.85. The first-order valence-electron chi connectivity index (χ1n) is 8.22. The molecule has 5 N–H and O–H groups in total. The van der Waals surface area contributed by atoms with E-state index in [-0.39, 0.29) is 36.4 Å². The maximum Gasteiger partial charge on any atom is 0.315 e. The fourth-order valence-corrected chi connectivity index (χ4v) is 2.70. The lowest BCUT2D eigenvalue weighted by Crippen LogP contribution is -2.50. The monoisotopic (exact) mass is 330 g/mol. The fraction of sp³-hybridized carbons (Fsp3) is 0.875. The number of aliphatic hydroxyl groups excluding tert-OH is 2. The number of aliphatic carboxylic acids is 1. The molecular weight excluding hydrogens is 300 g/mol. The molecule has 0 aliphatic heterocycles. The first-order chi connectivity index (χ1) is 10.6. The third-order valence-corrected chi connectivity index (χ3v) is 4.47. The minimum Gasteiger partial charge on any atom is -0.481 e. The quantitative estimate of drug-likeness (QED) is 0.499. The highest BCUT2D eigenvalue weighted by molar-refractivity contribution is 5.74. The molecule has 0 aromatic rings. The van der Waals surface area contributed by atoms with Gasteiger partial charge in [-0.25, -0.2) is 4.79 Å². The van der Waals surface area contributed by atoms with Crippen LogP contribution in [0, 0.1) is 11.3 Å². The lowest BCUT2D eigenvalue weighted by molar-refractivity contribution is -0.142. The summed E-state index contributed by atoms with van der Waals surface area (Å²) in [7, 11) is 0. The van der Waals surface area contributed by atoms with E-state index in [1.54, 1.807) is 0 Å². The summed E-state index contributed by atoms with van der Waals surface area (Å²) in [5.74, 6) is -1.09. The third kappa shape index (κ3) is 6.74. The highest BCUT2D eigenvalue weighted by atomic mass is 16.4. The van der Waals surface area contributed by atoms with Gasteiger partial charge in [0.15, 0.2) is 0 Å². The van der Waals surface area contributed by atoms with E-state index in [1.165, 1.54) is 0 Å². The molecule has 2 atom stereocenters. The molecule has 1 saturated carbocycles. The van der Waals surface area contributed by atoms with Crippen molar-refractivity contribution in [2.24, 2.45) is 11.3 Å². The first kappa shape index (κ1) is 19.7. The van der Waals surface area contributed by atoms with Gasteiger partial charge in [-0.1, -0.05) is 20.8 Å². The molecule has 23 heavy (non-hydrogen) atoms. The van der Waals surface area contributed by atoms with Gasteiger partial charge in [0.1, 0.15) is 0 Å². The molecule has 1 fully saturated rings. The SMILES string of the molecule is CC(C)(C)C(O)CC(CO)NC(=O)NC1CCC(C(=O)O)CC1. The number of hydrogen-bond donors (Lipinski definition) is 5. The Bertz CT molecular complexity index is 400. The van der Waals surface area contributed by atoms with Crippen LogP contribution >= 0.6 is 0 Å². The summed E-state index contributed by atoms with van der Waals surface area (Å²) in [6, 6.07) is -0.944. The second kappa shape index (κ2) is 8.49. The Hall–Kier alpha value is -1.34. The van der Waals surface area contributed by atoms with Gasteiger partial charge in [-0.15, -0.1) is 0 Å². The smallest absolute Gasteiger partial charge is 0.315 e. The Morgan fingerprint density at radius 2 is 1.74 bits per heavy atom. The molecule has 0 saturated heterocycles. The summed E-state index contributed by atoms with van der Waals surface area (Å²) < 4.78 is 0. The van der Waals surface area contributed by atoms with Crippen molar-refractivity contribution in [1.29, 1.82) is 0 Å². The summed E-state index contributed by atoms with van der Waals surface area (Å²) in [5, 5.41) is 33.9. The molecule has 1 aliphatic carbocycles. The average Bonchev–Trinajstić information content (AvgIpc) is 2.45. The highest BCUT2D eigenvalue weighted by Gasteiger charge is 2.28. The zero-order chi connectivity index (χ0) is 17.6. The minimum absolute atomic E-state index is 0.0440. The van der Waals surface area contributed by atoms with Gasteiger partial charge < -0.3 is 26.0 Å². The number of rotatable bonds is 6. The predicted octanol–water partition coefficient (Wildman–Crippen LogP) is 1.09. The molecule has 134 valence electrons. The van der Waals surface area contributed by atoms with Crippen molar-refractivity contribution in [3.05, 3.63) is 0 Å². The Morgan fingerprint density at radius 1 is 1.17 bits per heavy atom. The van der Waals surface area contributed by atoms with Crippen LogP contribution in [0.1, 0.15) is 52.9 Å². The van der Waals surface area contributed by atoms with E-state index in [4.69, 9.17) is 5.11 Å². The van der Waals surface area contributed by atoms with Crippen LogP contribution in [0.5, 0.6) is 0 Å². The minimum atomic E-state index is -0.774. The standard InChI is InChI=1S/C16H30N2O5/c1-16(2,3)13(20)8-12(9-19)18-15(23)17-11-6-4-10(5-7-11)14(21)22/h10-13,19-20H,4-9H2,1-3H3,(H,21,22)(H2,17,18,23). The molecule has 0 bridgehead atoms. The van der Waals surface area contributed by atoms with Gasteiger partial charge in [0.05, 0.1) is 24.7 Å². The van der Waals surface area contributed by atoms with E-state index in [9.17, 15) is 19.8 Å². The van der Waals surface area contributed by atoms with Gasteiger partial charge in [-0.2, -0.15) is 0 Å². The maximum atomic E-state index is 12.0. The Balaban J connectivity index is 2.38. The summed E-state index contributed by atoms with van der Waals surface area (Å²) in [5.41, 5.74) is -0.319. The van der Waals surface area contributed by atoms with Crippen molar-refractivity contribution in [2.45, 2.75) is 71.1 Å². The molecule has 2 unspecified atom stereocenters. The van der Waals surface area contributed by atoms with Gasteiger partial charge in [0, 0.05) is 6.04 Å². The van der Waals surface area contributed by atoms with Crippen molar-refractivity contribution in [3.8, 4) is 0 Å². The zero-order valence-electron chi connectivity index (χ0n) is 14.2. The number of hydrogen-bond acceptors (Lipinski definition) is 4. The molecular formula is C16H30N2O5. The fourth-order valence-electron chi connectivity index (χ4n) is 2.70. The Kier molecular flexibility index (Phi) is 7.28. The molecule has 0 radical (unpaired) electrons. The van der Waals surface area contributed by atoms with Crippen LogP contribution in [0.2, 0.25) is 0 Å². The molecule has 2 amide bonds. The van der Waals surface area contributed by atoms with E-state index in [0.29, 0.717) is 25.7 Å². The van der Waals surface area contributed by atoms with E-state index < -0.39 is 18.1 Å². The van der Waals surface area contributed by atoms with Crippen molar-refractivity contribution in [1.82, 2.24) is 10.6 Å². The molecule has 1 rings (SSSR count). The van der Waals surface area contributed by atoms with Crippen molar-refractivity contribution >= 4 is 12.0 Å². The van der Waals surface area contributed by atoms with E-state index in [0.717, 1.165) is 0 Å². The number of urea groups is 1. The molecule has 7 heteroatoms. The van der Waals surface area contributed by atoms with Crippen LogP contribution in [0.3, 0.4) is 0 Å². The second-order valence-electron chi connectivity index (χ2n) is 7.50. The van der Waals surface area contributed by atoms with Gasteiger partial charge in [0.2, 0.25) is 0 Å². The first-order valence-corrected chi connectivity index (χ1v) is 8.22. The van der Waals surface area contributed by atoms with E-state index >= 15 is 0 Å². The Labute approximate surface area is 137 Å². The zero-order valence-corrected chi connectivity index (χ0v) is 14.2. The van der Waals surface area contributed by atoms with E-state index in [1.807, 2.05) is 20.8 Å². The molecule has 0 aromatic heterocycles. The van der Waals surface area contributed by atoms with Crippen LogP contribution in [0.25, 0.3) is 0 Å². The molecule has 7 nitrogen and oxygen atoms in total. The summed E-state index contributed by atoms with van der Waals surface area (Å²) in [4.78, 5) is 22.9. The molecule has 0 aromatic carbocycles. The number of aliphatic hydroxyl groups is 2. The van der Waals surface area contributed by atoms with Gasteiger partial charge >= 0.3 is 12.0 Å². The lowest BCUT2D eigenvalue weighted by Gasteiger charge is -2.30. The predicted molar refractivity (Wildman–Crippen MR) is 86.0 cm³/mol. The number of nitrogens with one attached hydrogen (secondary N) is 2.